The molecule has 0 N–H and O–H groups in total. The largest absolute Gasteiger partial charge is 0.270 e. The summed E-state index contributed by atoms with van der Waals surface area (Å²) >= 11 is 3.46. The Bertz CT molecular complexity index is 667. The van der Waals surface area contributed by atoms with Crippen LogP contribution < -0.4 is 0 Å². The second-order valence-electron chi connectivity index (χ2n) is 4.02. The molecule has 0 spiro atoms. The lowest BCUT2D eigenvalue weighted by atomic mass is 10.3. The van der Waals surface area contributed by atoms with E-state index in [9.17, 15) is 8.42 Å². The molecule has 2 rings (SSSR count). The van der Waals surface area contributed by atoms with E-state index in [1.165, 1.54) is 0 Å². The molecule has 5 nitrogen and oxygen atoms in total. The number of nitrogens with zero attached hydrogens (tertiary/aromatic N) is 2. The average Bonchev–Trinajstić information content (AvgIpc) is 2.76. The van der Waals surface area contributed by atoms with Crippen LogP contribution >= 0.6 is 15.9 Å². The SMILES string of the molecule is CS(=O)(=O)OCCc1cnn(-c2ccccc2Br)c1. The van der Waals surface area contributed by atoms with Gasteiger partial charge in [-0.2, -0.15) is 13.5 Å². The summed E-state index contributed by atoms with van der Waals surface area (Å²) in [7, 11) is -3.38. The molecule has 1 aromatic heterocycles. The van der Waals surface area contributed by atoms with Gasteiger partial charge in [-0.15, -0.1) is 0 Å². The molecule has 2 aromatic rings. The smallest absolute Gasteiger partial charge is 0.264 e. The van der Waals surface area contributed by atoms with Crippen molar-refractivity contribution in [2.24, 2.45) is 0 Å². The minimum absolute atomic E-state index is 0.125. The number of rotatable bonds is 5. The first kappa shape index (κ1) is 14.2. The van der Waals surface area contributed by atoms with Crippen molar-refractivity contribution in [1.82, 2.24) is 9.78 Å². The molecule has 0 amide bonds. The number of hydrogen-bond acceptors (Lipinski definition) is 4. The first-order valence-electron chi connectivity index (χ1n) is 5.58. The summed E-state index contributed by atoms with van der Waals surface area (Å²) in [4.78, 5) is 0. The van der Waals surface area contributed by atoms with Gasteiger partial charge in [0.1, 0.15) is 0 Å². The Morgan fingerprint density at radius 2 is 2.11 bits per heavy atom. The lowest BCUT2D eigenvalue weighted by Crippen LogP contribution is -2.05. The average molecular weight is 345 g/mol. The van der Waals surface area contributed by atoms with Gasteiger partial charge < -0.3 is 0 Å². The zero-order chi connectivity index (χ0) is 13.9. The van der Waals surface area contributed by atoms with E-state index in [4.69, 9.17) is 4.18 Å². The third kappa shape index (κ3) is 4.15. The third-order valence-corrected chi connectivity index (χ3v) is 3.69. The van der Waals surface area contributed by atoms with Crippen LogP contribution in [0.25, 0.3) is 5.69 Å². The number of hydrogen-bond donors (Lipinski definition) is 0. The fraction of sp³-hybridized carbons (Fsp3) is 0.250. The molecule has 0 fully saturated rings. The Hall–Kier alpha value is -1.18. The summed E-state index contributed by atoms with van der Waals surface area (Å²) < 4.78 is 29.1. The molecule has 0 saturated heterocycles. The van der Waals surface area contributed by atoms with Gasteiger partial charge in [-0.3, -0.25) is 4.18 Å². The molecule has 0 aliphatic heterocycles. The van der Waals surface area contributed by atoms with Crippen LogP contribution in [0.2, 0.25) is 0 Å². The van der Waals surface area contributed by atoms with Crippen molar-refractivity contribution in [2.45, 2.75) is 6.42 Å². The van der Waals surface area contributed by atoms with Crippen molar-refractivity contribution >= 4 is 26.0 Å². The van der Waals surface area contributed by atoms with Crippen LogP contribution in [-0.4, -0.2) is 31.1 Å². The van der Waals surface area contributed by atoms with Crippen LogP contribution in [0.1, 0.15) is 5.56 Å². The summed E-state index contributed by atoms with van der Waals surface area (Å²) in [5, 5.41) is 4.24. The van der Waals surface area contributed by atoms with Crippen molar-refractivity contribution < 1.29 is 12.6 Å². The van der Waals surface area contributed by atoms with Crippen molar-refractivity contribution in [2.75, 3.05) is 12.9 Å². The highest BCUT2D eigenvalue weighted by atomic mass is 79.9. The number of para-hydroxylation sites is 1. The van der Waals surface area contributed by atoms with E-state index in [0.717, 1.165) is 22.0 Å². The van der Waals surface area contributed by atoms with Crippen LogP contribution in [0.5, 0.6) is 0 Å². The number of halogens is 1. The van der Waals surface area contributed by atoms with Crippen molar-refractivity contribution in [1.29, 1.82) is 0 Å². The molecule has 1 aromatic carbocycles. The van der Waals surface area contributed by atoms with Gasteiger partial charge in [0.15, 0.2) is 0 Å². The lowest BCUT2D eigenvalue weighted by Gasteiger charge is -2.03. The van der Waals surface area contributed by atoms with Gasteiger partial charge in [0.05, 0.1) is 24.7 Å². The van der Waals surface area contributed by atoms with Crippen LogP contribution in [0, 0.1) is 0 Å². The molecule has 0 saturated carbocycles. The molecule has 0 atom stereocenters. The van der Waals surface area contributed by atoms with Crippen molar-refractivity contribution in [3.05, 3.63) is 46.7 Å². The van der Waals surface area contributed by atoms with Crippen LogP contribution in [0.3, 0.4) is 0 Å². The van der Waals surface area contributed by atoms with Crippen LogP contribution in [0.4, 0.5) is 0 Å². The standard InChI is InChI=1S/C12H13BrN2O3S/c1-19(16,17)18-7-6-10-8-14-15(9-10)12-5-3-2-4-11(12)13/h2-5,8-9H,6-7H2,1H3. The van der Waals surface area contributed by atoms with E-state index in [2.05, 4.69) is 21.0 Å². The van der Waals surface area contributed by atoms with Crippen LogP contribution in [0.15, 0.2) is 41.1 Å². The van der Waals surface area contributed by atoms with Gasteiger partial charge in [0.25, 0.3) is 10.1 Å². The maximum absolute atomic E-state index is 10.8. The second-order valence-corrected chi connectivity index (χ2v) is 6.52. The lowest BCUT2D eigenvalue weighted by molar-refractivity contribution is 0.326. The Morgan fingerprint density at radius 1 is 1.37 bits per heavy atom. The van der Waals surface area contributed by atoms with Gasteiger partial charge in [0.2, 0.25) is 0 Å². The molecule has 0 radical (unpaired) electrons. The molecule has 102 valence electrons. The zero-order valence-electron chi connectivity index (χ0n) is 10.3. The Kier molecular flexibility index (Phi) is 4.38. The van der Waals surface area contributed by atoms with E-state index in [1.54, 1.807) is 10.9 Å². The monoisotopic (exact) mass is 344 g/mol. The predicted octanol–water partition coefficient (Wildman–Crippen LogP) is 2.15. The second kappa shape index (κ2) is 5.85. The number of aromatic nitrogens is 2. The highest BCUT2D eigenvalue weighted by Crippen LogP contribution is 2.20. The molecule has 1 heterocycles. The number of benzene rings is 1. The Morgan fingerprint density at radius 3 is 2.79 bits per heavy atom. The topological polar surface area (TPSA) is 61.2 Å². The summed E-state index contributed by atoms with van der Waals surface area (Å²) in [6, 6.07) is 7.73. The van der Waals surface area contributed by atoms with Crippen molar-refractivity contribution in [3.8, 4) is 5.69 Å². The first-order valence-corrected chi connectivity index (χ1v) is 8.19. The zero-order valence-corrected chi connectivity index (χ0v) is 12.7. The normalized spacial score (nSPS) is 11.7. The first-order chi connectivity index (χ1) is 8.96. The van der Waals surface area contributed by atoms with Crippen LogP contribution in [-0.2, 0) is 20.7 Å². The Labute approximate surface area is 120 Å². The van der Waals surface area contributed by atoms with Gasteiger partial charge in [-0.1, -0.05) is 12.1 Å². The van der Waals surface area contributed by atoms with Gasteiger partial charge in [0, 0.05) is 17.1 Å². The van der Waals surface area contributed by atoms with E-state index in [-0.39, 0.29) is 6.61 Å². The van der Waals surface area contributed by atoms with Gasteiger partial charge >= 0.3 is 0 Å². The highest BCUT2D eigenvalue weighted by Gasteiger charge is 2.06. The van der Waals surface area contributed by atoms with Gasteiger partial charge in [-0.25, -0.2) is 4.68 Å². The predicted molar refractivity (Wildman–Crippen MR) is 75.8 cm³/mol. The summed E-state index contributed by atoms with van der Waals surface area (Å²) in [6.45, 7) is 0.125. The van der Waals surface area contributed by atoms with E-state index in [0.29, 0.717) is 6.42 Å². The Balaban J connectivity index is 2.06. The minimum Gasteiger partial charge on any atom is -0.270 e. The molecular weight excluding hydrogens is 332 g/mol. The third-order valence-electron chi connectivity index (χ3n) is 2.42. The van der Waals surface area contributed by atoms with Crippen molar-refractivity contribution in [3.63, 3.8) is 0 Å². The summed E-state index contributed by atoms with van der Waals surface area (Å²) in [5.74, 6) is 0. The fourth-order valence-electron chi connectivity index (χ4n) is 1.57. The quantitative estimate of drug-likeness (QED) is 0.779. The minimum atomic E-state index is -3.38. The molecule has 0 bridgehead atoms. The van der Waals surface area contributed by atoms with E-state index in [1.807, 2.05) is 30.5 Å². The molecule has 0 aliphatic rings. The van der Waals surface area contributed by atoms with Gasteiger partial charge in [-0.05, 0) is 33.6 Å². The molecule has 7 heteroatoms. The van der Waals surface area contributed by atoms with E-state index < -0.39 is 10.1 Å². The maximum atomic E-state index is 10.8. The summed E-state index contributed by atoms with van der Waals surface area (Å²) in [6.07, 6.45) is 5.09. The molecule has 0 unspecified atom stereocenters. The van der Waals surface area contributed by atoms with E-state index >= 15 is 0 Å². The fourth-order valence-corrected chi connectivity index (χ4v) is 2.42. The summed E-state index contributed by atoms with van der Waals surface area (Å²) in [5.41, 5.74) is 1.84. The highest BCUT2D eigenvalue weighted by molar-refractivity contribution is 9.10. The molecular formula is C12H13BrN2O3S. The maximum Gasteiger partial charge on any atom is 0.264 e. The molecule has 0 aliphatic carbocycles. The molecule has 19 heavy (non-hydrogen) atoms.